The van der Waals surface area contributed by atoms with Crippen LogP contribution in [-0.2, 0) is 4.79 Å². The van der Waals surface area contributed by atoms with Gasteiger partial charge in [0.05, 0.1) is 6.54 Å². The Kier molecular flexibility index (Phi) is 4.82. The highest BCUT2D eigenvalue weighted by atomic mass is 16.2. The zero-order valence-corrected chi connectivity index (χ0v) is 10.7. The molecule has 1 aromatic carbocycles. The summed E-state index contributed by atoms with van der Waals surface area (Å²) in [5.41, 5.74) is 7.35. The number of nitrogens with one attached hydrogen (secondary N) is 1. The second kappa shape index (κ2) is 6.13. The van der Waals surface area contributed by atoms with Crippen LogP contribution in [0.25, 0.3) is 0 Å². The van der Waals surface area contributed by atoms with Crippen LogP contribution in [0.2, 0.25) is 0 Å². The van der Waals surface area contributed by atoms with Crippen LogP contribution in [0.3, 0.4) is 0 Å². The van der Waals surface area contributed by atoms with Gasteiger partial charge in [0.1, 0.15) is 0 Å². The minimum Gasteiger partial charge on any atom is -0.399 e. The van der Waals surface area contributed by atoms with Gasteiger partial charge in [-0.1, -0.05) is 19.9 Å². The van der Waals surface area contributed by atoms with Gasteiger partial charge in [0.15, 0.2) is 0 Å². The van der Waals surface area contributed by atoms with Crippen LogP contribution in [0.15, 0.2) is 24.3 Å². The molecule has 94 valence electrons. The highest BCUT2D eigenvalue weighted by molar-refractivity contribution is 5.81. The summed E-state index contributed by atoms with van der Waals surface area (Å²) in [6, 6.07) is 7.51. The minimum atomic E-state index is 0.0311. The van der Waals surface area contributed by atoms with Crippen molar-refractivity contribution in [2.45, 2.75) is 13.8 Å². The van der Waals surface area contributed by atoms with Crippen molar-refractivity contribution in [3.63, 3.8) is 0 Å². The lowest BCUT2D eigenvalue weighted by atomic mass is 10.2. The molecule has 17 heavy (non-hydrogen) atoms. The van der Waals surface area contributed by atoms with Crippen LogP contribution >= 0.6 is 0 Å². The molecule has 0 aliphatic heterocycles. The normalized spacial score (nSPS) is 10.4. The third kappa shape index (κ3) is 4.76. The summed E-state index contributed by atoms with van der Waals surface area (Å²) < 4.78 is 0. The molecule has 0 aromatic heterocycles. The van der Waals surface area contributed by atoms with Gasteiger partial charge in [-0.3, -0.25) is 4.79 Å². The van der Waals surface area contributed by atoms with Gasteiger partial charge in [-0.05, 0) is 24.1 Å². The Labute approximate surface area is 103 Å². The van der Waals surface area contributed by atoms with Gasteiger partial charge < -0.3 is 16.0 Å². The molecule has 0 fully saturated rings. The maximum Gasteiger partial charge on any atom is 0.239 e. The highest BCUT2D eigenvalue weighted by Gasteiger charge is 2.07. The number of nitrogens with zero attached hydrogens (tertiary/aromatic N) is 1. The van der Waals surface area contributed by atoms with Crippen molar-refractivity contribution in [1.29, 1.82) is 0 Å². The Morgan fingerprint density at radius 3 is 2.76 bits per heavy atom. The number of likely N-dealkylation sites (N-methyl/N-ethyl adjacent to an activating group) is 1. The first kappa shape index (κ1) is 13.4. The van der Waals surface area contributed by atoms with E-state index < -0.39 is 0 Å². The molecule has 0 bridgehead atoms. The zero-order valence-electron chi connectivity index (χ0n) is 10.7. The number of amides is 1. The largest absolute Gasteiger partial charge is 0.399 e. The fourth-order valence-corrected chi connectivity index (χ4v) is 1.44. The summed E-state index contributed by atoms with van der Waals surface area (Å²) in [5, 5.41) is 2.89. The van der Waals surface area contributed by atoms with Gasteiger partial charge >= 0.3 is 0 Å². The lowest BCUT2D eigenvalue weighted by Gasteiger charge is -2.19. The molecule has 4 heteroatoms. The number of nitrogen functional groups attached to an aromatic ring is 1. The van der Waals surface area contributed by atoms with Crippen molar-refractivity contribution in [2.24, 2.45) is 5.92 Å². The molecule has 0 aliphatic carbocycles. The summed E-state index contributed by atoms with van der Waals surface area (Å²) in [4.78, 5) is 13.5. The van der Waals surface area contributed by atoms with Crippen LogP contribution in [-0.4, -0.2) is 26.0 Å². The van der Waals surface area contributed by atoms with Crippen molar-refractivity contribution >= 4 is 17.3 Å². The van der Waals surface area contributed by atoms with Crippen molar-refractivity contribution in [3.8, 4) is 0 Å². The minimum absolute atomic E-state index is 0.0311. The van der Waals surface area contributed by atoms with Gasteiger partial charge in [0.2, 0.25) is 5.91 Å². The fraction of sp³-hybridized carbons (Fsp3) is 0.462. The van der Waals surface area contributed by atoms with Gasteiger partial charge in [0.25, 0.3) is 0 Å². The molecule has 0 radical (unpaired) electrons. The van der Waals surface area contributed by atoms with E-state index in [1.165, 1.54) is 0 Å². The number of anilines is 2. The Morgan fingerprint density at radius 2 is 2.18 bits per heavy atom. The summed E-state index contributed by atoms with van der Waals surface area (Å²) in [5.74, 6) is 0.500. The average Bonchev–Trinajstić information content (AvgIpc) is 2.26. The molecule has 0 unspecified atom stereocenters. The molecule has 1 aromatic rings. The van der Waals surface area contributed by atoms with Crippen molar-refractivity contribution < 1.29 is 4.79 Å². The van der Waals surface area contributed by atoms with E-state index in [1.807, 2.05) is 36.2 Å². The summed E-state index contributed by atoms with van der Waals surface area (Å²) in [6.07, 6.45) is 0. The maximum absolute atomic E-state index is 11.6. The standard InChI is InChI=1S/C13H21N3O/c1-10(2)8-15-13(17)9-16(3)12-6-4-5-11(14)7-12/h4-7,10H,8-9,14H2,1-3H3,(H,15,17). The van der Waals surface area contributed by atoms with E-state index in [4.69, 9.17) is 5.73 Å². The molecule has 3 N–H and O–H groups in total. The number of carbonyl (C=O) groups is 1. The van der Waals surface area contributed by atoms with Crippen molar-refractivity contribution in [1.82, 2.24) is 5.32 Å². The quantitative estimate of drug-likeness (QED) is 0.760. The van der Waals surface area contributed by atoms with E-state index in [1.54, 1.807) is 0 Å². The van der Waals surface area contributed by atoms with E-state index in [2.05, 4.69) is 19.2 Å². The summed E-state index contributed by atoms with van der Waals surface area (Å²) in [6.45, 7) is 5.20. The zero-order chi connectivity index (χ0) is 12.8. The lowest BCUT2D eigenvalue weighted by Crippen LogP contribution is -2.36. The summed E-state index contributed by atoms with van der Waals surface area (Å²) >= 11 is 0. The molecule has 1 rings (SSSR count). The van der Waals surface area contributed by atoms with Crippen LogP contribution in [0.4, 0.5) is 11.4 Å². The first-order chi connectivity index (χ1) is 7.99. The first-order valence-electron chi connectivity index (χ1n) is 5.82. The molecule has 0 heterocycles. The number of rotatable bonds is 5. The maximum atomic E-state index is 11.6. The van der Waals surface area contributed by atoms with Crippen LogP contribution in [0.1, 0.15) is 13.8 Å². The Balaban J connectivity index is 2.48. The molecule has 0 atom stereocenters. The molecule has 0 aliphatic rings. The van der Waals surface area contributed by atoms with Gasteiger partial charge in [-0.25, -0.2) is 0 Å². The second-order valence-corrected chi connectivity index (χ2v) is 4.65. The smallest absolute Gasteiger partial charge is 0.239 e. The van der Waals surface area contributed by atoms with E-state index in [9.17, 15) is 4.79 Å². The number of carbonyl (C=O) groups excluding carboxylic acids is 1. The van der Waals surface area contributed by atoms with Gasteiger partial charge in [-0.2, -0.15) is 0 Å². The monoisotopic (exact) mass is 235 g/mol. The second-order valence-electron chi connectivity index (χ2n) is 4.65. The molecular weight excluding hydrogens is 214 g/mol. The van der Waals surface area contributed by atoms with Gasteiger partial charge in [-0.15, -0.1) is 0 Å². The third-order valence-electron chi connectivity index (χ3n) is 2.40. The van der Waals surface area contributed by atoms with E-state index in [0.717, 1.165) is 5.69 Å². The molecule has 0 saturated carbocycles. The number of hydrogen-bond donors (Lipinski definition) is 2. The summed E-state index contributed by atoms with van der Waals surface area (Å²) in [7, 11) is 1.88. The Bertz CT molecular complexity index is 377. The van der Waals surface area contributed by atoms with Crippen LogP contribution in [0, 0.1) is 5.92 Å². The molecule has 4 nitrogen and oxygen atoms in total. The third-order valence-corrected chi connectivity index (χ3v) is 2.40. The molecule has 0 spiro atoms. The predicted octanol–water partition coefficient (Wildman–Crippen LogP) is 1.48. The van der Waals surface area contributed by atoms with Crippen LogP contribution < -0.4 is 16.0 Å². The van der Waals surface area contributed by atoms with Gasteiger partial charge in [0, 0.05) is 25.0 Å². The average molecular weight is 235 g/mol. The predicted molar refractivity (Wildman–Crippen MR) is 72.0 cm³/mol. The topological polar surface area (TPSA) is 58.4 Å². The SMILES string of the molecule is CC(C)CNC(=O)CN(C)c1cccc(N)c1. The Hall–Kier alpha value is -1.71. The number of benzene rings is 1. The number of hydrogen-bond acceptors (Lipinski definition) is 3. The van der Waals surface area contributed by atoms with Crippen LogP contribution in [0.5, 0.6) is 0 Å². The van der Waals surface area contributed by atoms with E-state index in [0.29, 0.717) is 24.7 Å². The first-order valence-corrected chi connectivity index (χ1v) is 5.82. The highest BCUT2D eigenvalue weighted by Crippen LogP contribution is 2.15. The number of nitrogens with two attached hydrogens (primary N) is 1. The lowest BCUT2D eigenvalue weighted by molar-refractivity contribution is -0.119. The Morgan fingerprint density at radius 1 is 1.47 bits per heavy atom. The molecule has 1 amide bonds. The van der Waals surface area contributed by atoms with Crippen molar-refractivity contribution in [3.05, 3.63) is 24.3 Å². The molecular formula is C13H21N3O. The molecule has 0 saturated heterocycles. The fourth-order valence-electron chi connectivity index (χ4n) is 1.44. The van der Waals surface area contributed by atoms with E-state index in [-0.39, 0.29) is 5.91 Å². The van der Waals surface area contributed by atoms with E-state index >= 15 is 0 Å². The van der Waals surface area contributed by atoms with Crippen molar-refractivity contribution in [2.75, 3.05) is 30.8 Å².